The summed E-state index contributed by atoms with van der Waals surface area (Å²) in [7, 11) is 0. The first-order chi connectivity index (χ1) is 11.3. The lowest BCUT2D eigenvalue weighted by Crippen LogP contribution is -2.52. The molecule has 0 saturated carbocycles. The van der Waals surface area contributed by atoms with Gasteiger partial charge in [-0.05, 0) is 25.2 Å². The highest BCUT2D eigenvalue weighted by Crippen LogP contribution is 2.18. The lowest BCUT2D eigenvalue weighted by molar-refractivity contribution is -0.144. The average Bonchev–Trinajstić information content (AvgIpc) is 3.00. The summed E-state index contributed by atoms with van der Waals surface area (Å²) in [6, 6.07) is -1.69. The van der Waals surface area contributed by atoms with Crippen molar-refractivity contribution in [2.75, 3.05) is 19.6 Å². The highest BCUT2D eigenvalue weighted by atomic mass is 16.4. The van der Waals surface area contributed by atoms with Gasteiger partial charge in [0.05, 0.1) is 13.1 Å². The van der Waals surface area contributed by atoms with Gasteiger partial charge in [0.2, 0.25) is 17.7 Å². The van der Waals surface area contributed by atoms with E-state index in [9.17, 15) is 24.3 Å². The van der Waals surface area contributed by atoms with Crippen LogP contribution in [-0.4, -0.2) is 65.4 Å². The van der Waals surface area contributed by atoms with E-state index in [2.05, 4.69) is 10.6 Å². The first kappa shape index (κ1) is 19.9. The molecule has 1 saturated heterocycles. The predicted molar refractivity (Wildman–Crippen MR) is 85.8 cm³/mol. The van der Waals surface area contributed by atoms with E-state index in [1.165, 1.54) is 4.90 Å². The standard InChI is InChI=1S/C15H26N4O5/c1-9(2)6-10(15(23)24)18-14(22)11-4-3-5-19(11)13(21)8-17-12(20)7-16/h9-11H,3-8,16H2,1-2H3,(H,17,20)(H,18,22)(H,23,24). The molecule has 1 aliphatic heterocycles. The SMILES string of the molecule is CC(C)CC(NC(=O)C1CCCN1C(=O)CNC(=O)CN)C(=O)O. The van der Waals surface area contributed by atoms with Crippen molar-refractivity contribution in [3.63, 3.8) is 0 Å². The van der Waals surface area contributed by atoms with Crippen molar-refractivity contribution >= 4 is 23.7 Å². The number of aliphatic carboxylic acids is 1. The molecule has 1 aliphatic rings. The zero-order valence-electron chi connectivity index (χ0n) is 14.1. The Balaban J connectivity index is 2.65. The van der Waals surface area contributed by atoms with Crippen molar-refractivity contribution in [1.29, 1.82) is 0 Å². The number of hydrogen-bond acceptors (Lipinski definition) is 5. The van der Waals surface area contributed by atoms with Crippen LogP contribution in [0.3, 0.4) is 0 Å². The van der Waals surface area contributed by atoms with E-state index in [4.69, 9.17) is 5.73 Å². The average molecular weight is 342 g/mol. The molecule has 1 heterocycles. The number of carbonyl (C=O) groups excluding carboxylic acids is 3. The van der Waals surface area contributed by atoms with Crippen LogP contribution in [0.15, 0.2) is 0 Å². The van der Waals surface area contributed by atoms with Crippen LogP contribution in [0.5, 0.6) is 0 Å². The quantitative estimate of drug-likeness (QED) is 0.430. The van der Waals surface area contributed by atoms with Crippen molar-refractivity contribution in [2.45, 2.75) is 45.2 Å². The molecule has 5 N–H and O–H groups in total. The zero-order valence-corrected chi connectivity index (χ0v) is 14.1. The van der Waals surface area contributed by atoms with Gasteiger partial charge in [0.1, 0.15) is 12.1 Å². The van der Waals surface area contributed by atoms with E-state index >= 15 is 0 Å². The van der Waals surface area contributed by atoms with Crippen molar-refractivity contribution in [3.8, 4) is 0 Å². The first-order valence-corrected chi connectivity index (χ1v) is 8.05. The third-order valence-corrected chi connectivity index (χ3v) is 3.82. The Kier molecular flexibility index (Phi) is 7.63. The normalized spacial score (nSPS) is 18.3. The molecule has 9 heteroatoms. The monoisotopic (exact) mass is 342 g/mol. The number of hydrogen-bond donors (Lipinski definition) is 4. The van der Waals surface area contributed by atoms with E-state index in [-0.39, 0.29) is 24.9 Å². The van der Waals surface area contributed by atoms with Gasteiger partial charge in [0.25, 0.3) is 0 Å². The Morgan fingerprint density at radius 1 is 1.29 bits per heavy atom. The third kappa shape index (κ3) is 5.80. The number of rotatable bonds is 8. The summed E-state index contributed by atoms with van der Waals surface area (Å²) < 4.78 is 0. The topological polar surface area (TPSA) is 142 Å². The summed E-state index contributed by atoms with van der Waals surface area (Å²) in [5.74, 6) is -2.29. The fourth-order valence-corrected chi connectivity index (χ4v) is 2.65. The van der Waals surface area contributed by atoms with Crippen LogP contribution in [-0.2, 0) is 19.2 Å². The molecule has 0 spiro atoms. The molecule has 1 fully saturated rings. The maximum Gasteiger partial charge on any atom is 0.326 e. The van der Waals surface area contributed by atoms with Crippen LogP contribution in [0.1, 0.15) is 33.1 Å². The van der Waals surface area contributed by atoms with Crippen molar-refractivity contribution in [2.24, 2.45) is 11.7 Å². The van der Waals surface area contributed by atoms with Gasteiger partial charge in [-0.3, -0.25) is 14.4 Å². The summed E-state index contributed by atoms with van der Waals surface area (Å²) in [4.78, 5) is 48.3. The van der Waals surface area contributed by atoms with Crippen LogP contribution in [0.25, 0.3) is 0 Å². The number of amides is 3. The molecule has 3 amide bonds. The highest BCUT2D eigenvalue weighted by molar-refractivity contribution is 5.92. The molecule has 9 nitrogen and oxygen atoms in total. The maximum atomic E-state index is 12.4. The number of carbonyl (C=O) groups is 4. The fourth-order valence-electron chi connectivity index (χ4n) is 2.65. The minimum absolute atomic E-state index is 0.110. The summed E-state index contributed by atoms with van der Waals surface area (Å²) in [6.45, 7) is 3.69. The van der Waals surface area contributed by atoms with Gasteiger partial charge in [-0.25, -0.2) is 4.79 Å². The van der Waals surface area contributed by atoms with Gasteiger partial charge >= 0.3 is 5.97 Å². The van der Waals surface area contributed by atoms with Crippen molar-refractivity contribution < 1.29 is 24.3 Å². The van der Waals surface area contributed by atoms with E-state index in [0.29, 0.717) is 25.8 Å². The second-order valence-electron chi connectivity index (χ2n) is 6.25. The Hall–Kier alpha value is -2.16. The van der Waals surface area contributed by atoms with Gasteiger partial charge < -0.3 is 26.4 Å². The second-order valence-corrected chi connectivity index (χ2v) is 6.25. The molecule has 0 aliphatic carbocycles. The van der Waals surface area contributed by atoms with Gasteiger partial charge in [-0.15, -0.1) is 0 Å². The molecular weight excluding hydrogens is 316 g/mol. The van der Waals surface area contributed by atoms with Gasteiger partial charge in [-0.1, -0.05) is 13.8 Å². The molecule has 24 heavy (non-hydrogen) atoms. The van der Waals surface area contributed by atoms with Gasteiger partial charge in [0, 0.05) is 6.54 Å². The fraction of sp³-hybridized carbons (Fsp3) is 0.733. The minimum atomic E-state index is -1.09. The summed E-state index contributed by atoms with van der Waals surface area (Å²) >= 11 is 0. The Labute approximate surface area is 140 Å². The largest absolute Gasteiger partial charge is 0.480 e. The Morgan fingerprint density at radius 3 is 2.50 bits per heavy atom. The third-order valence-electron chi connectivity index (χ3n) is 3.82. The predicted octanol–water partition coefficient (Wildman–Crippen LogP) is -1.33. The molecule has 136 valence electrons. The van der Waals surface area contributed by atoms with E-state index in [1.807, 2.05) is 13.8 Å². The summed E-state index contributed by atoms with van der Waals surface area (Å²) in [5.41, 5.74) is 5.15. The molecule has 0 aromatic rings. The van der Waals surface area contributed by atoms with Crippen LogP contribution in [0.4, 0.5) is 0 Å². The van der Waals surface area contributed by atoms with Crippen LogP contribution in [0.2, 0.25) is 0 Å². The van der Waals surface area contributed by atoms with Gasteiger partial charge in [-0.2, -0.15) is 0 Å². The van der Waals surface area contributed by atoms with E-state index < -0.39 is 29.9 Å². The van der Waals surface area contributed by atoms with E-state index in [1.54, 1.807) is 0 Å². The lowest BCUT2D eigenvalue weighted by Gasteiger charge is -2.26. The summed E-state index contributed by atoms with van der Waals surface area (Å²) in [6.07, 6.45) is 1.43. The Morgan fingerprint density at radius 2 is 1.96 bits per heavy atom. The number of nitrogens with one attached hydrogen (secondary N) is 2. The molecule has 0 radical (unpaired) electrons. The Bertz CT molecular complexity index is 494. The highest BCUT2D eigenvalue weighted by Gasteiger charge is 2.35. The molecule has 2 unspecified atom stereocenters. The first-order valence-electron chi connectivity index (χ1n) is 8.05. The van der Waals surface area contributed by atoms with Crippen LogP contribution >= 0.6 is 0 Å². The smallest absolute Gasteiger partial charge is 0.326 e. The van der Waals surface area contributed by atoms with Crippen molar-refractivity contribution in [3.05, 3.63) is 0 Å². The van der Waals surface area contributed by atoms with Crippen molar-refractivity contribution in [1.82, 2.24) is 15.5 Å². The molecule has 0 aromatic heterocycles. The minimum Gasteiger partial charge on any atom is -0.480 e. The molecular formula is C15H26N4O5. The molecule has 0 aromatic carbocycles. The molecule has 1 rings (SSSR count). The van der Waals surface area contributed by atoms with Crippen LogP contribution < -0.4 is 16.4 Å². The van der Waals surface area contributed by atoms with Gasteiger partial charge in [0.15, 0.2) is 0 Å². The zero-order chi connectivity index (χ0) is 18.3. The number of carboxylic acids is 1. The molecule has 0 bridgehead atoms. The number of nitrogens with zero attached hydrogens (tertiary/aromatic N) is 1. The number of carboxylic acid groups (broad SMARTS) is 1. The number of likely N-dealkylation sites (tertiary alicyclic amines) is 1. The van der Waals surface area contributed by atoms with Crippen LogP contribution in [0, 0.1) is 5.92 Å². The second kappa shape index (κ2) is 9.21. The maximum absolute atomic E-state index is 12.4. The molecule has 2 atom stereocenters. The number of nitrogens with two attached hydrogens (primary N) is 1. The summed E-state index contributed by atoms with van der Waals surface area (Å²) in [5, 5.41) is 14.1. The van der Waals surface area contributed by atoms with E-state index in [0.717, 1.165) is 0 Å². The lowest BCUT2D eigenvalue weighted by atomic mass is 10.0.